The van der Waals surface area contributed by atoms with Gasteiger partial charge in [0.25, 0.3) is 5.24 Å². The van der Waals surface area contributed by atoms with E-state index in [-0.39, 0.29) is 17.6 Å². The van der Waals surface area contributed by atoms with Gasteiger partial charge in [0.05, 0.1) is 13.2 Å². The summed E-state index contributed by atoms with van der Waals surface area (Å²) >= 11 is 4.02. The second-order valence-corrected chi connectivity index (χ2v) is 9.07. The lowest BCUT2D eigenvalue weighted by Crippen LogP contribution is -2.42. The van der Waals surface area contributed by atoms with E-state index >= 15 is 0 Å². The highest BCUT2D eigenvalue weighted by atomic mass is 35.5. The molecule has 0 aromatic carbocycles. The predicted octanol–water partition coefficient (Wildman–Crippen LogP) is 3.81. The smallest absolute Gasteiger partial charge is 0.278 e. The van der Waals surface area contributed by atoms with E-state index in [1.807, 2.05) is 15.7 Å². The van der Waals surface area contributed by atoms with Gasteiger partial charge in [-0.1, -0.05) is 47.1 Å². The Bertz CT molecular complexity index is 328. The molecule has 0 bridgehead atoms. The van der Waals surface area contributed by atoms with Gasteiger partial charge < -0.3 is 9.64 Å². The summed E-state index contributed by atoms with van der Waals surface area (Å²) in [7, 11) is 4.07. The lowest BCUT2D eigenvalue weighted by Gasteiger charge is -2.29. The maximum Gasteiger partial charge on any atom is 0.278 e. The van der Waals surface area contributed by atoms with E-state index in [4.69, 9.17) is 4.74 Å². The number of rotatable bonds is 9. The van der Waals surface area contributed by atoms with Crippen LogP contribution in [0.15, 0.2) is 0 Å². The summed E-state index contributed by atoms with van der Waals surface area (Å²) < 4.78 is 5.35. The van der Waals surface area contributed by atoms with Crippen molar-refractivity contribution in [1.29, 1.82) is 0 Å². The van der Waals surface area contributed by atoms with Crippen LogP contribution < -0.4 is 0 Å². The van der Waals surface area contributed by atoms with E-state index in [2.05, 4.69) is 28.3 Å². The fourth-order valence-electron chi connectivity index (χ4n) is 2.81. The number of hydrogen-bond acceptors (Lipinski definition) is 5. The van der Waals surface area contributed by atoms with Gasteiger partial charge in [-0.15, -0.1) is 12.4 Å². The van der Waals surface area contributed by atoms with Crippen molar-refractivity contribution < 1.29 is 9.53 Å². The number of morpholine rings is 1. The van der Waals surface area contributed by atoms with Crippen molar-refractivity contribution in [2.75, 3.05) is 51.7 Å². The Morgan fingerprint density at radius 2 is 2.00 bits per heavy atom. The number of carbonyl (C=O) groups is 1. The third-order valence-electron chi connectivity index (χ3n) is 4.24. The van der Waals surface area contributed by atoms with Crippen LogP contribution in [0.5, 0.6) is 0 Å². The molecule has 23 heavy (non-hydrogen) atoms. The maximum absolute atomic E-state index is 11.6. The molecule has 0 N–H and O–H groups in total. The number of amides is 1. The summed E-state index contributed by atoms with van der Waals surface area (Å²) in [5.74, 6) is 1.32. The number of nitrogens with zero attached hydrogens (tertiary/aromatic N) is 2. The van der Waals surface area contributed by atoms with E-state index < -0.39 is 0 Å². The van der Waals surface area contributed by atoms with Crippen molar-refractivity contribution in [2.45, 2.75) is 37.4 Å². The molecule has 1 atom stereocenters. The Hall–Kier alpha value is 0.730. The Morgan fingerprint density at radius 1 is 1.22 bits per heavy atom. The van der Waals surface area contributed by atoms with Gasteiger partial charge in [0, 0.05) is 43.7 Å². The summed E-state index contributed by atoms with van der Waals surface area (Å²) in [4.78, 5) is 15.9. The van der Waals surface area contributed by atoms with E-state index in [0.29, 0.717) is 0 Å². The van der Waals surface area contributed by atoms with Gasteiger partial charge in [0.15, 0.2) is 0 Å². The molecule has 2 heterocycles. The van der Waals surface area contributed by atoms with Crippen LogP contribution in [0.25, 0.3) is 0 Å². The average molecular weight is 401 g/mol. The van der Waals surface area contributed by atoms with Gasteiger partial charge in [-0.2, -0.15) is 0 Å². The Kier molecular flexibility index (Phi) is 12.3. The molecule has 2 rings (SSSR count). The minimum atomic E-state index is -0.0870. The van der Waals surface area contributed by atoms with Gasteiger partial charge in [-0.3, -0.25) is 9.69 Å². The van der Waals surface area contributed by atoms with Crippen LogP contribution >= 0.6 is 46.6 Å². The molecule has 0 unspecified atom stereocenters. The van der Waals surface area contributed by atoms with Crippen LogP contribution in [0.2, 0.25) is 0 Å². The molecule has 2 aliphatic rings. The number of thiol groups is 1. The van der Waals surface area contributed by atoms with Crippen LogP contribution in [-0.2, 0) is 4.74 Å². The lowest BCUT2D eigenvalue weighted by atomic mass is 10.1. The molecule has 8 heteroatoms. The molecule has 2 fully saturated rings. The molecular weight excluding hydrogens is 372 g/mol. The van der Waals surface area contributed by atoms with Gasteiger partial charge in [0.1, 0.15) is 0 Å². The molecule has 0 aromatic heterocycles. The second kappa shape index (κ2) is 13.0. The first-order valence-electron chi connectivity index (χ1n) is 8.32. The topological polar surface area (TPSA) is 32.8 Å². The molecule has 0 spiro atoms. The van der Waals surface area contributed by atoms with E-state index in [1.165, 1.54) is 31.4 Å². The summed E-state index contributed by atoms with van der Waals surface area (Å²) in [6.07, 6.45) is 6.31. The quantitative estimate of drug-likeness (QED) is 0.361. The zero-order valence-corrected chi connectivity index (χ0v) is 17.0. The van der Waals surface area contributed by atoms with Crippen molar-refractivity contribution in [2.24, 2.45) is 0 Å². The number of carbonyl (C=O) groups excluding carboxylic acids is 1. The molecule has 0 aromatic rings. The van der Waals surface area contributed by atoms with Crippen molar-refractivity contribution in [3.63, 3.8) is 0 Å². The number of hydrogen-bond donors (Lipinski definition) is 1. The summed E-state index contributed by atoms with van der Waals surface area (Å²) in [5, 5.41) is 0.782. The van der Waals surface area contributed by atoms with E-state index in [1.54, 1.807) is 0 Å². The van der Waals surface area contributed by atoms with Gasteiger partial charge >= 0.3 is 0 Å². The monoisotopic (exact) mass is 400 g/mol. The van der Waals surface area contributed by atoms with Crippen molar-refractivity contribution >= 4 is 51.9 Å². The van der Waals surface area contributed by atoms with Gasteiger partial charge in [-0.25, -0.2) is 0 Å². The summed E-state index contributed by atoms with van der Waals surface area (Å²) in [6.45, 7) is 6.15. The Morgan fingerprint density at radius 3 is 2.65 bits per heavy atom. The highest BCUT2D eigenvalue weighted by Gasteiger charge is 2.16. The first-order valence-corrected chi connectivity index (χ1v) is 11.1. The molecule has 136 valence electrons. The van der Waals surface area contributed by atoms with E-state index in [9.17, 15) is 4.79 Å². The predicted molar refractivity (Wildman–Crippen MR) is 107 cm³/mol. The highest BCUT2D eigenvalue weighted by molar-refractivity contribution is 8.77. The van der Waals surface area contributed by atoms with Crippen LogP contribution in [-0.4, -0.2) is 72.0 Å². The van der Waals surface area contributed by atoms with Crippen LogP contribution in [0, 0.1) is 0 Å². The highest BCUT2D eigenvalue weighted by Crippen LogP contribution is 2.39. The van der Waals surface area contributed by atoms with Crippen LogP contribution in [0.3, 0.4) is 0 Å². The third kappa shape index (κ3) is 9.12. The SMILES string of the molecule is Cl.O=C(S)N(CCCCC[C@@H]1CCSS1)CCN1CCOCC1. The van der Waals surface area contributed by atoms with E-state index in [0.717, 1.165) is 57.6 Å². The fourth-order valence-corrected chi connectivity index (χ4v) is 6.03. The molecule has 1 amide bonds. The number of unbranched alkanes of at least 4 members (excludes halogenated alkanes) is 2. The molecule has 0 aliphatic carbocycles. The second-order valence-electron chi connectivity index (χ2n) is 5.90. The van der Waals surface area contributed by atoms with Gasteiger partial charge in [0.2, 0.25) is 0 Å². The zero-order chi connectivity index (χ0) is 15.6. The van der Waals surface area contributed by atoms with Gasteiger partial charge in [-0.05, 0) is 19.3 Å². The first-order chi connectivity index (χ1) is 10.8. The summed E-state index contributed by atoms with van der Waals surface area (Å²) in [6, 6.07) is 0. The molecule has 0 saturated carbocycles. The molecule has 2 saturated heterocycles. The molecule has 0 radical (unpaired) electrons. The normalized spacial score (nSPS) is 21.9. The lowest BCUT2D eigenvalue weighted by molar-refractivity contribution is 0.0353. The minimum absolute atomic E-state index is 0. The largest absolute Gasteiger partial charge is 0.379 e. The third-order valence-corrected chi connectivity index (χ3v) is 7.53. The maximum atomic E-state index is 11.6. The molecule has 4 nitrogen and oxygen atoms in total. The standard InChI is InChI=1S/C15H28N2O2S3.ClH/c18-15(20)17(8-7-16-9-11-19-12-10-16)6-3-1-2-4-14-5-13-21-22-14;/h14H,1-13H2,(H,18,20);1H/t14-;/m1./s1. The van der Waals surface area contributed by atoms with Crippen molar-refractivity contribution in [3.8, 4) is 0 Å². The van der Waals surface area contributed by atoms with Crippen molar-refractivity contribution in [1.82, 2.24) is 9.80 Å². The Labute approximate surface area is 160 Å². The molecular formula is C15H29ClN2O2S3. The summed E-state index contributed by atoms with van der Waals surface area (Å²) in [5.41, 5.74) is 0. The van der Waals surface area contributed by atoms with Crippen LogP contribution in [0.1, 0.15) is 32.1 Å². The zero-order valence-electron chi connectivity index (χ0n) is 13.7. The first kappa shape index (κ1) is 21.8. The van der Waals surface area contributed by atoms with Crippen LogP contribution in [0.4, 0.5) is 4.79 Å². The average Bonchev–Trinajstić information content (AvgIpc) is 3.04. The Balaban J connectivity index is 0.00000264. The number of halogens is 1. The molecule has 2 aliphatic heterocycles. The number of ether oxygens (including phenoxy) is 1. The minimum Gasteiger partial charge on any atom is -0.379 e. The van der Waals surface area contributed by atoms with Crippen molar-refractivity contribution in [3.05, 3.63) is 0 Å². The fraction of sp³-hybridized carbons (Fsp3) is 0.933.